The van der Waals surface area contributed by atoms with Crippen LogP contribution in [0, 0.1) is 5.82 Å². The van der Waals surface area contributed by atoms with Crippen molar-refractivity contribution in [2.24, 2.45) is 0 Å². The van der Waals surface area contributed by atoms with Crippen LogP contribution in [0.3, 0.4) is 0 Å². The maximum Gasteiger partial charge on any atom is 0.243 e. The number of halogens is 1. The first-order chi connectivity index (χ1) is 13.9. The molecule has 0 atom stereocenters. The summed E-state index contributed by atoms with van der Waals surface area (Å²) in [5, 5.41) is 1.91. The van der Waals surface area contributed by atoms with Gasteiger partial charge in [0, 0.05) is 18.0 Å². The standard InChI is InChI=1S/C21H22FNO4S2/c1-26-20-10-5-16(14-21(20)27-2)11-12-23(15-18-4-3-13-28-18)29(24,25)19-8-6-17(22)7-9-19/h3-10,13-14H,11-12,15H2,1-2H3. The maximum atomic E-state index is 13.3. The van der Waals surface area contributed by atoms with Gasteiger partial charge in [-0.15, -0.1) is 11.3 Å². The third-order valence-corrected chi connectivity index (χ3v) is 7.18. The lowest BCUT2D eigenvalue weighted by Crippen LogP contribution is -2.32. The monoisotopic (exact) mass is 435 g/mol. The summed E-state index contributed by atoms with van der Waals surface area (Å²) in [4.78, 5) is 1.01. The van der Waals surface area contributed by atoms with Crippen LogP contribution in [-0.4, -0.2) is 33.5 Å². The Morgan fingerprint density at radius 1 is 1.00 bits per heavy atom. The number of hydrogen-bond acceptors (Lipinski definition) is 5. The highest BCUT2D eigenvalue weighted by molar-refractivity contribution is 7.89. The van der Waals surface area contributed by atoms with Gasteiger partial charge in [0.25, 0.3) is 0 Å². The average Bonchev–Trinajstić information content (AvgIpc) is 3.24. The summed E-state index contributed by atoms with van der Waals surface area (Å²) < 4.78 is 51.6. The fraction of sp³-hybridized carbons (Fsp3) is 0.238. The predicted octanol–water partition coefficient (Wildman–Crippen LogP) is 4.34. The second kappa shape index (κ2) is 9.39. The average molecular weight is 436 g/mol. The van der Waals surface area contributed by atoms with Crippen LogP contribution >= 0.6 is 11.3 Å². The molecule has 0 saturated carbocycles. The Morgan fingerprint density at radius 2 is 1.72 bits per heavy atom. The number of hydrogen-bond donors (Lipinski definition) is 0. The van der Waals surface area contributed by atoms with E-state index in [0.29, 0.717) is 17.9 Å². The van der Waals surface area contributed by atoms with Crippen LogP contribution in [0.25, 0.3) is 0 Å². The molecular weight excluding hydrogens is 413 g/mol. The van der Waals surface area contributed by atoms with Crippen LogP contribution in [0.15, 0.2) is 64.9 Å². The lowest BCUT2D eigenvalue weighted by molar-refractivity contribution is 0.354. The van der Waals surface area contributed by atoms with Gasteiger partial charge in [-0.1, -0.05) is 12.1 Å². The van der Waals surface area contributed by atoms with E-state index in [1.54, 1.807) is 20.3 Å². The minimum Gasteiger partial charge on any atom is -0.493 e. The summed E-state index contributed by atoms with van der Waals surface area (Å²) >= 11 is 1.50. The molecule has 2 aromatic carbocycles. The van der Waals surface area contributed by atoms with Crippen LogP contribution in [-0.2, 0) is 23.0 Å². The van der Waals surface area contributed by atoms with Crippen molar-refractivity contribution in [3.05, 3.63) is 76.2 Å². The lowest BCUT2D eigenvalue weighted by Gasteiger charge is -2.22. The summed E-state index contributed by atoms with van der Waals surface area (Å²) in [6.07, 6.45) is 0.492. The fourth-order valence-electron chi connectivity index (χ4n) is 2.91. The van der Waals surface area contributed by atoms with E-state index in [1.165, 1.54) is 27.8 Å². The van der Waals surface area contributed by atoms with Crippen molar-refractivity contribution in [2.75, 3.05) is 20.8 Å². The number of rotatable bonds is 9. The molecule has 1 heterocycles. The van der Waals surface area contributed by atoms with E-state index < -0.39 is 15.8 Å². The molecule has 0 N–H and O–H groups in total. The molecule has 0 aliphatic carbocycles. The van der Waals surface area contributed by atoms with E-state index in [0.717, 1.165) is 22.6 Å². The molecule has 0 unspecified atom stereocenters. The van der Waals surface area contributed by atoms with Crippen LogP contribution in [0.1, 0.15) is 10.4 Å². The number of methoxy groups -OCH3 is 2. The molecule has 0 bridgehead atoms. The highest BCUT2D eigenvalue weighted by atomic mass is 32.2. The number of ether oxygens (including phenoxy) is 2. The van der Waals surface area contributed by atoms with Gasteiger partial charge < -0.3 is 9.47 Å². The molecule has 0 aliphatic rings. The van der Waals surface area contributed by atoms with Crippen LogP contribution in [0.5, 0.6) is 11.5 Å². The van der Waals surface area contributed by atoms with E-state index >= 15 is 0 Å². The zero-order chi connectivity index (χ0) is 20.9. The summed E-state index contributed by atoms with van der Waals surface area (Å²) in [5.74, 6) is 0.737. The normalized spacial score (nSPS) is 11.6. The largest absolute Gasteiger partial charge is 0.493 e. The van der Waals surface area contributed by atoms with Gasteiger partial charge in [-0.3, -0.25) is 0 Å². The van der Waals surface area contributed by atoms with Crippen molar-refractivity contribution in [2.45, 2.75) is 17.9 Å². The van der Waals surface area contributed by atoms with Gasteiger partial charge in [0.1, 0.15) is 5.82 Å². The molecular formula is C21H22FNO4S2. The van der Waals surface area contributed by atoms with Crippen LogP contribution in [0.4, 0.5) is 4.39 Å². The van der Waals surface area contributed by atoms with E-state index in [2.05, 4.69) is 0 Å². The highest BCUT2D eigenvalue weighted by Gasteiger charge is 2.25. The Bertz CT molecular complexity index is 1040. The van der Waals surface area contributed by atoms with E-state index in [-0.39, 0.29) is 18.0 Å². The Labute approximate surface area is 174 Å². The number of nitrogens with zero attached hydrogens (tertiary/aromatic N) is 1. The smallest absolute Gasteiger partial charge is 0.243 e. The Morgan fingerprint density at radius 3 is 2.34 bits per heavy atom. The van der Waals surface area contributed by atoms with Crippen molar-refractivity contribution < 1.29 is 22.3 Å². The van der Waals surface area contributed by atoms with Gasteiger partial charge in [-0.05, 0) is 59.8 Å². The summed E-state index contributed by atoms with van der Waals surface area (Å²) in [7, 11) is -0.651. The Balaban J connectivity index is 1.85. The van der Waals surface area contributed by atoms with E-state index in [9.17, 15) is 12.8 Å². The topological polar surface area (TPSA) is 55.8 Å². The zero-order valence-electron chi connectivity index (χ0n) is 16.2. The Kier molecular flexibility index (Phi) is 6.89. The number of sulfonamides is 1. The van der Waals surface area contributed by atoms with Crippen LogP contribution < -0.4 is 9.47 Å². The van der Waals surface area contributed by atoms with Crippen molar-refractivity contribution in [3.8, 4) is 11.5 Å². The van der Waals surface area contributed by atoms with Gasteiger partial charge >= 0.3 is 0 Å². The maximum absolute atomic E-state index is 13.3. The molecule has 3 aromatic rings. The second-order valence-corrected chi connectivity index (χ2v) is 9.28. The molecule has 0 radical (unpaired) electrons. The first-order valence-electron chi connectivity index (χ1n) is 8.93. The van der Waals surface area contributed by atoms with Crippen molar-refractivity contribution in [1.29, 1.82) is 0 Å². The molecule has 8 heteroatoms. The Hall–Kier alpha value is -2.42. The summed E-state index contributed by atoms with van der Waals surface area (Å²) in [6, 6.07) is 14.2. The minimum absolute atomic E-state index is 0.0720. The second-order valence-electron chi connectivity index (χ2n) is 6.31. The summed E-state index contributed by atoms with van der Waals surface area (Å²) in [5.41, 5.74) is 0.924. The first-order valence-corrected chi connectivity index (χ1v) is 11.2. The zero-order valence-corrected chi connectivity index (χ0v) is 17.8. The van der Waals surface area contributed by atoms with Crippen LogP contribution in [0.2, 0.25) is 0 Å². The highest BCUT2D eigenvalue weighted by Crippen LogP contribution is 2.28. The molecule has 154 valence electrons. The van der Waals surface area contributed by atoms with E-state index in [1.807, 2.05) is 29.6 Å². The predicted molar refractivity (Wildman–Crippen MR) is 112 cm³/mol. The van der Waals surface area contributed by atoms with Crippen molar-refractivity contribution >= 4 is 21.4 Å². The van der Waals surface area contributed by atoms with E-state index in [4.69, 9.17) is 9.47 Å². The van der Waals surface area contributed by atoms with Gasteiger partial charge in [0.15, 0.2) is 11.5 Å². The number of benzene rings is 2. The van der Waals surface area contributed by atoms with Gasteiger partial charge in [-0.2, -0.15) is 4.31 Å². The molecule has 5 nitrogen and oxygen atoms in total. The van der Waals surface area contributed by atoms with Crippen molar-refractivity contribution in [1.82, 2.24) is 4.31 Å². The van der Waals surface area contributed by atoms with Gasteiger partial charge in [-0.25, -0.2) is 12.8 Å². The SMILES string of the molecule is COc1ccc(CCN(Cc2cccs2)S(=O)(=O)c2ccc(F)cc2)cc1OC. The van der Waals surface area contributed by atoms with Crippen molar-refractivity contribution in [3.63, 3.8) is 0 Å². The fourth-order valence-corrected chi connectivity index (χ4v) is 5.13. The van der Waals surface area contributed by atoms with Gasteiger partial charge in [0.2, 0.25) is 10.0 Å². The molecule has 29 heavy (non-hydrogen) atoms. The van der Waals surface area contributed by atoms with Gasteiger partial charge in [0.05, 0.1) is 19.1 Å². The minimum atomic E-state index is -3.78. The molecule has 1 aromatic heterocycles. The quantitative estimate of drug-likeness (QED) is 0.502. The molecule has 0 aliphatic heterocycles. The first kappa shape index (κ1) is 21.3. The third kappa shape index (κ3) is 5.14. The molecule has 0 amide bonds. The molecule has 3 rings (SSSR count). The number of thiophene rings is 1. The summed E-state index contributed by atoms with van der Waals surface area (Å²) in [6.45, 7) is 0.526. The lowest BCUT2D eigenvalue weighted by atomic mass is 10.1. The molecule has 0 fully saturated rings. The molecule has 0 spiro atoms. The third-order valence-electron chi connectivity index (χ3n) is 4.46. The molecule has 0 saturated heterocycles.